The third-order valence-corrected chi connectivity index (χ3v) is 2.81. The first-order chi connectivity index (χ1) is 9.79. The van der Waals surface area contributed by atoms with Gasteiger partial charge in [0.15, 0.2) is 5.03 Å². The molecule has 0 unspecified atom stereocenters. The Bertz CT molecular complexity index is 724. The zero-order valence-electron chi connectivity index (χ0n) is 10.5. The van der Waals surface area contributed by atoms with Gasteiger partial charge in [-0.15, -0.1) is 0 Å². The molecule has 8 heteroatoms. The van der Waals surface area contributed by atoms with E-state index in [1.807, 2.05) is 0 Å². The lowest BCUT2D eigenvalue weighted by Crippen LogP contribution is -2.30. The molecular formula is C13H9F3N2O3. The van der Waals surface area contributed by atoms with Crippen LogP contribution in [0.25, 0.3) is 0 Å². The standard InChI is InChI=1S/C13H9F3N2O3/c14-13(15,16)11-7-10(6-9-4-2-1-3-5-9)12(19)17(8-11)18(20)21/h1-5,7-8H,6H2. The Morgan fingerprint density at radius 2 is 1.81 bits per heavy atom. The fourth-order valence-corrected chi connectivity index (χ4v) is 1.84. The first-order valence-corrected chi connectivity index (χ1v) is 5.80. The van der Waals surface area contributed by atoms with Gasteiger partial charge in [-0.2, -0.15) is 13.2 Å². The van der Waals surface area contributed by atoms with Gasteiger partial charge in [0.25, 0.3) is 0 Å². The Balaban J connectivity index is 2.57. The molecule has 0 aliphatic carbocycles. The van der Waals surface area contributed by atoms with Crippen LogP contribution >= 0.6 is 0 Å². The molecule has 1 aromatic carbocycles. The van der Waals surface area contributed by atoms with Gasteiger partial charge in [0.1, 0.15) is 0 Å². The maximum Gasteiger partial charge on any atom is 0.418 e. The molecule has 0 bridgehead atoms. The van der Waals surface area contributed by atoms with Crippen molar-refractivity contribution in [3.05, 3.63) is 79.8 Å². The highest BCUT2D eigenvalue weighted by Crippen LogP contribution is 2.29. The maximum absolute atomic E-state index is 12.7. The van der Waals surface area contributed by atoms with E-state index in [4.69, 9.17) is 0 Å². The van der Waals surface area contributed by atoms with Crippen LogP contribution < -0.4 is 5.56 Å². The van der Waals surface area contributed by atoms with Gasteiger partial charge in [0.2, 0.25) is 0 Å². The molecule has 110 valence electrons. The Hall–Kier alpha value is -2.64. The molecule has 0 saturated carbocycles. The van der Waals surface area contributed by atoms with Crippen molar-refractivity contribution in [2.45, 2.75) is 12.6 Å². The predicted octanol–water partition coefficient (Wildman–Crippen LogP) is 2.50. The number of aromatic nitrogens is 1. The SMILES string of the molecule is O=c1c(Cc2ccccc2)cc(C(F)(F)F)cn1[N+](=O)[O-]. The number of nitrogens with zero attached hydrogens (tertiary/aromatic N) is 2. The van der Waals surface area contributed by atoms with Crippen LogP contribution in [0.15, 0.2) is 47.4 Å². The fourth-order valence-electron chi connectivity index (χ4n) is 1.84. The molecule has 21 heavy (non-hydrogen) atoms. The van der Waals surface area contributed by atoms with Crippen molar-refractivity contribution in [3.8, 4) is 0 Å². The highest BCUT2D eigenvalue weighted by Gasteiger charge is 2.33. The summed E-state index contributed by atoms with van der Waals surface area (Å²) in [4.78, 5) is 22.6. The van der Waals surface area contributed by atoms with E-state index in [0.717, 1.165) is 0 Å². The van der Waals surface area contributed by atoms with E-state index >= 15 is 0 Å². The second-order valence-electron chi connectivity index (χ2n) is 4.30. The zero-order valence-corrected chi connectivity index (χ0v) is 10.5. The molecule has 0 saturated heterocycles. The van der Waals surface area contributed by atoms with E-state index in [9.17, 15) is 28.1 Å². The van der Waals surface area contributed by atoms with Crippen LogP contribution in [0.5, 0.6) is 0 Å². The normalized spacial score (nSPS) is 11.4. The van der Waals surface area contributed by atoms with E-state index in [1.54, 1.807) is 30.3 Å². The van der Waals surface area contributed by atoms with Crippen molar-refractivity contribution < 1.29 is 18.2 Å². The fraction of sp³-hybridized carbons (Fsp3) is 0.154. The maximum atomic E-state index is 12.7. The van der Waals surface area contributed by atoms with Crippen LogP contribution in [-0.2, 0) is 12.6 Å². The summed E-state index contributed by atoms with van der Waals surface area (Å²) in [5.41, 5.74) is -2.00. The average Bonchev–Trinajstić information content (AvgIpc) is 2.40. The molecule has 0 atom stereocenters. The van der Waals surface area contributed by atoms with Gasteiger partial charge < -0.3 is 0 Å². The first kappa shape index (κ1) is 14.8. The topological polar surface area (TPSA) is 65.1 Å². The average molecular weight is 298 g/mol. The monoisotopic (exact) mass is 298 g/mol. The molecule has 1 heterocycles. The summed E-state index contributed by atoms with van der Waals surface area (Å²) < 4.78 is 38.1. The first-order valence-electron chi connectivity index (χ1n) is 5.80. The third kappa shape index (κ3) is 3.28. The lowest BCUT2D eigenvalue weighted by Gasteiger charge is -2.09. The minimum Gasteiger partial charge on any atom is -0.263 e. The van der Waals surface area contributed by atoms with E-state index < -0.39 is 22.3 Å². The Morgan fingerprint density at radius 1 is 1.19 bits per heavy atom. The van der Waals surface area contributed by atoms with Crippen LogP contribution in [-0.4, -0.2) is 9.71 Å². The summed E-state index contributed by atoms with van der Waals surface area (Å²) in [5.74, 6) is 0. The van der Waals surface area contributed by atoms with Gasteiger partial charge in [-0.3, -0.25) is 4.79 Å². The molecule has 0 aliphatic rings. The summed E-state index contributed by atoms with van der Waals surface area (Å²) >= 11 is 0. The second-order valence-corrected chi connectivity index (χ2v) is 4.30. The van der Waals surface area contributed by atoms with Gasteiger partial charge in [-0.25, -0.2) is 10.1 Å². The molecule has 0 N–H and O–H groups in total. The smallest absolute Gasteiger partial charge is 0.263 e. The van der Waals surface area contributed by atoms with Crippen LogP contribution in [0.3, 0.4) is 0 Å². The Labute approximate surface area is 116 Å². The lowest BCUT2D eigenvalue weighted by atomic mass is 10.0. The third-order valence-electron chi connectivity index (χ3n) is 2.81. The second kappa shape index (κ2) is 5.39. The molecule has 0 amide bonds. The lowest BCUT2D eigenvalue weighted by molar-refractivity contribution is -0.545. The molecule has 0 radical (unpaired) electrons. The zero-order chi connectivity index (χ0) is 15.6. The molecule has 0 fully saturated rings. The van der Waals surface area contributed by atoms with Crippen molar-refractivity contribution >= 4 is 0 Å². The molecule has 1 aromatic heterocycles. The van der Waals surface area contributed by atoms with Gasteiger partial charge in [0.05, 0.1) is 11.8 Å². The molecule has 2 aromatic rings. The summed E-state index contributed by atoms with van der Waals surface area (Å²) in [5, 5.41) is 9.53. The molecule has 0 spiro atoms. The van der Waals surface area contributed by atoms with Crippen molar-refractivity contribution in [2.24, 2.45) is 0 Å². The summed E-state index contributed by atoms with van der Waals surface area (Å²) in [6.45, 7) is 0. The van der Waals surface area contributed by atoms with Crippen molar-refractivity contribution in [3.63, 3.8) is 0 Å². The number of hydrogen-bond acceptors (Lipinski definition) is 3. The molecule has 0 aliphatic heterocycles. The summed E-state index contributed by atoms with van der Waals surface area (Å²) in [6, 6.07) is 8.93. The van der Waals surface area contributed by atoms with Crippen molar-refractivity contribution in [2.75, 3.05) is 0 Å². The number of rotatable bonds is 3. The van der Waals surface area contributed by atoms with Crippen molar-refractivity contribution in [1.82, 2.24) is 4.68 Å². The van der Waals surface area contributed by atoms with E-state index in [2.05, 4.69) is 0 Å². The minimum atomic E-state index is -4.77. The number of hydrogen-bond donors (Lipinski definition) is 0. The largest absolute Gasteiger partial charge is 0.418 e. The van der Waals surface area contributed by atoms with Crippen molar-refractivity contribution in [1.29, 1.82) is 0 Å². The Kier molecular flexibility index (Phi) is 3.79. The highest BCUT2D eigenvalue weighted by molar-refractivity contribution is 5.28. The van der Waals surface area contributed by atoms with Crippen LogP contribution in [0.2, 0.25) is 0 Å². The summed E-state index contributed by atoms with van der Waals surface area (Å²) in [7, 11) is 0. The summed E-state index contributed by atoms with van der Waals surface area (Å²) in [6.07, 6.45) is -4.69. The van der Waals surface area contributed by atoms with Gasteiger partial charge in [0, 0.05) is 12.0 Å². The number of benzene rings is 1. The predicted molar refractivity (Wildman–Crippen MR) is 67.3 cm³/mol. The molecule has 5 nitrogen and oxygen atoms in total. The van der Waals surface area contributed by atoms with Crippen LogP contribution in [0.4, 0.5) is 13.2 Å². The van der Waals surface area contributed by atoms with Crippen LogP contribution in [0.1, 0.15) is 16.7 Å². The van der Waals surface area contributed by atoms with Gasteiger partial charge in [-0.1, -0.05) is 30.3 Å². The number of nitro groups is 1. The number of alkyl halides is 3. The molecule has 2 rings (SSSR count). The van der Waals surface area contributed by atoms with E-state index in [-0.39, 0.29) is 22.9 Å². The van der Waals surface area contributed by atoms with Gasteiger partial charge in [-0.05, 0) is 16.3 Å². The van der Waals surface area contributed by atoms with E-state index in [1.165, 1.54) is 0 Å². The quantitative estimate of drug-likeness (QED) is 0.646. The number of halogens is 3. The van der Waals surface area contributed by atoms with E-state index in [0.29, 0.717) is 11.6 Å². The molecular weight excluding hydrogens is 289 g/mol. The highest BCUT2D eigenvalue weighted by atomic mass is 19.4. The van der Waals surface area contributed by atoms with Gasteiger partial charge >= 0.3 is 11.7 Å². The number of pyridine rings is 1. The van der Waals surface area contributed by atoms with Crippen LogP contribution in [0, 0.1) is 10.1 Å². The minimum absolute atomic E-state index is 0.114. The Morgan fingerprint density at radius 3 is 2.33 bits per heavy atom.